The number of hydrogen-bond donors (Lipinski definition) is 1. The average Bonchev–Trinajstić information content (AvgIpc) is 3.22. The van der Waals surface area contributed by atoms with Crippen LogP contribution in [0.25, 0.3) is 0 Å². The van der Waals surface area contributed by atoms with Crippen molar-refractivity contribution >= 4 is 27.3 Å². The number of carbonyl (C=O) groups is 1. The molecule has 1 N–H and O–H groups in total. The van der Waals surface area contributed by atoms with Crippen LogP contribution in [0.2, 0.25) is 0 Å². The van der Waals surface area contributed by atoms with Crippen molar-refractivity contribution in [3.05, 3.63) is 46.8 Å². The number of sulfonamides is 1. The lowest BCUT2D eigenvalue weighted by Crippen LogP contribution is -2.47. The van der Waals surface area contributed by atoms with Crippen molar-refractivity contribution in [2.24, 2.45) is 5.92 Å². The Morgan fingerprint density at radius 3 is 2.83 bits per heavy atom. The fourth-order valence-electron chi connectivity index (χ4n) is 4.29. The van der Waals surface area contributed by atoms with E-state index in [0.717, 1.165) is 16.9 Å². The molecule has 1 aromatic carbocycles. The summed E-state index contributed by atoms with van der Waals surface area (Å²) in [7, 11) is -3.54. The molecule has 2 aliphatic heterocycles. The van der Waals surface area contributed by atoms with E-state index < -0.39 is 10.0 Å². The number of nitrogens with one attached hydrogen (secondary N) is 1. The van der Waals surface area contributed by atoms with Crippen LogP contribution in [0.5, 0.6) is 5.75 Å². The minimum Gasteiger partial charge on any atom is -0.487 e. The second kappa shape index (κ2) is 7.98. The Morgan fingerprint density at radius 2 is 2.10 bits per heavy atom. The largest absolute Gasteiger partial charge is 0.487 e. The van der Waals surface area contributed by atoms with Crippen molar-refractivity contribution in [1.29, 1.82) is 0 Å². The van der Waals surface area contributed by atoms with E-state index in [1.165, 1.54) is 15.6 Å². The molecule has 2 atom stereocenters. The molecule has 6 nitrogen and oxygen atoms in total. The highest BCUT2D eigenvalue weighted by molar-refractivity contribution is 7.91. The Hall–Kier alpha value is -1.90. The summed E-state index contributed by atoms with van der Waals surface area (Å²) in [6, 6.07) is 9.24. The molecule has 3 heterocycles. The summed E-state index contributed by atoms with van der Waals surface area (Å²) in [4.78, 5) is 13.1. The first-order valence-electron chi connectivity index (χ1n) is 10.3. The maximum atomic E-state index is 13.1. The van der Waals surface area contributed by atoms with E-state index in [1.54, 1.807) is 17.5 Å². The minimum absolute atomic E-state index is 0.0877. The minimum atomic E-state index is -3.54. The van der Waals surface area contributed by atoms with E-state index >= 15 is 0 Å². The van der Waals surface area contributed by atoms with Crippen LogP contribution in [0, 0.1) is 12.8 Å². The first kappa shape index (κ1) is 21.3. The number of rotatable bonds is 4. The maximum absolute atomic E-state index is 13.1. The highest BCUT2D eigenvalue weighted by Crippen LogP contribution is 2.40. The van der Waals surface area contributed by atoms with Crippen molar-refractivity contribution in [1.82, 2.24) is 9.62 Å². The van der Waals surface area contributed by atoms with E-state index in [4.69, 9.17) is 4.74 Å². The summed E-state index contributed by atoms with van der Waals surface area (Å²) in [5.74, 6) is 0.366. The molecule has 30 heavy (non-hydrogen) atoms. The number of ether oxygens (including phenoxy) is 1. The molecule has 0 unspecified atom stereocenters. The smallest absolute Gasteiger partial charge is 0.252 e. The van der Waals surface area contributed by atoms with E-state index in [0.29, 0.717) is 30.0 Å². The lowest BCUT2D eigenvalue weighted by Gasteiger charge is -2.39. The zero-order chi connectivity index (χ0) is 21.5. The number of carbonyl (C=O) groups excluding carboxylic acids is 1. The third-order valence-electron chi connectivity index (χ3n) is 5.79. The third kappa shape index (κ3) is 4.26. The van der Waals surface area contributed by atoms with Crippen molar-refractivity contribution in [2.75, 3.05) is 13.1 Å². The van der Waals surface area contributed by atoms with E-state index in [2.05, 4.69) is 5.32 Å². The van der Waals surface area contributed by atoms with Gasteiger partial charge in [-0.1, -0.05) is 18.2 Å². The normalized spacial score (nSPS) is 24.0. The molecule has 0 radical (unpaired) electrons. The van der Waals surface area contributed by atoms with Gasteiger partial charge in [-0.15, -0.1) is 11.3 Å². The van der Waals surface area contributed by atoms with Gasteiger partial charge in [-0.2, -0.15) is 4.31 Å². The van der Waals surface area contributed by atoms with Gasteiger partial charge in [0.1, 0.15) is 15.6 Å². The fraction of sp³-hybridized carbons (Fsp3) is 0.500. The molecular weight excluding hydrogens is 420 g/mol. The van der Waals surface area contributed by atoms with Crippen LogP contribution >= 0.6 is 11.3 Å². The lowest BCUT2D eigenvalue weighted by molar-refractivity contribution is -0.127. The molecule has 8 heteroatoms. The van der Waals surface area contributed by atoms with Crippen LogP contribution < -0.4 is 10.1 Å². The molecule has 2 aromatic rings. The van der Waals surface area contributed by atoms with Crippen LogP contribution in [-0.4, -0.2) is 37.3 Å². The zero-order valence-corrected chi connectivity index (χ0v) is 19.2. The molecule has 0 spiro atoms. The number of hydrogen-bond acceptors (Lipinski definition) is 5. The molecule has 2 aliphatic rings. The Labute approximate surface area is 182 Å². The molecule has 0 bridgehead atoms. The Kier molecular flexibility index (Phi) is 5.67. The highest BCUT2D eigenvalue weighted by Gasteiger charge is 2.38. The molecule has 1 saturated heterocycles. The summed E-state index contributed by atoms with van der Waals surface area (Å²) in [6.45, 7) is 6.74. The lowest BCUT2D eigenvalue weighted by atomic mass is 9.88. The maximum Gasteiger partial charge on any atom is 0.252 e. The van der Waals surface area contributed by atoms with Crippen molar-refractivity contribution in [2.45, 2.75) is 55.9 Å². The third-order valence-corrected chi connectivity index (χ3v) is 9.03. The van der Waals surface area contributed by atoms with Gasteiger partial charge in [0.2, 0.25) is 5.91 Å². The number of fused-ring (bicyclic) bond motifs is 1. The van der Waals surface area contributed by atoms with Crippen LogP contribution in [-0.2, 0) is 14.8 Å². The van der Waals surface area contributed by atoms with Crippen LogP contribution in [0.4, 0.5) is 0 Å². The Balaban J connectivity index is 1.50. The van der Waals surface area contributed by atoms with Gasteiger partial charge in [0, 0.05) is 25.1 Å². The number of piperidine rings is 1. The zero-order valence-electron chi connectivity index (χ0n) is 17.6. The Bertz CT molecular complexity index is 1030. The van der Waals surface area contributed by atoms with Crippen molar-refractivity contribution in [3.63, 3.8) is 0 Å². The number of nitrogens with zero attached hydrogens (tertiary/aromatic N) is 1. The van der Waals surface area contributed by atoms with Gasteiger partial charge in [-0.3, -0.25) is 4.79 Å². The molecule has 1 aromatic heterocycles. The van der Waals surface area contributed by atoms with E-state index in [9.17, 15) is 13.2 Å². The van der Waals surface area contributed by atoms with Gasteiger partial charge >= 0.3 is 0 Å². The van der Waals surface area contributed by atoms with Crippen LogP contribution in [0.3, 0.4) is 0 Å². The molecule has 0 aliphatic carbocycles. The summed E-state index contributed by atoms with van der Waals surface area (Å²) in [5.41, 5.74) is 1.70. The number of benzene rings is 1. The van der Waals surface area contributed by atoms with Gasteiger partial charge in [-0.05, 0) is 56.7 Å². The van der Waals surface area contributed by atoms with Gasteiger partial charge < -0.3 is 10.1 Å². The van der Waals surface area contributed by atoms with Crippen molar-refractivity contribution < 1.29 is 17.9 Å². The number of thiophene rings is 1. The summed E-state index contributed by atoms with van der Waals surface area (Å²) >= 11 is 1.21. The predicted octanol–water partition coefficient (Wildman–Crippen LogP) is 3.88. The Morgan fingerprint density at radius 1 is 1.30 bits per heavy atom. The van der Waals surface area contributed by atoms with Gasteiger partial charge in [0.25, 0.3) is 10.0 Å². The second-order valence-corrected chi connectivity index (χ2v) is 11.9. The second-order valence-electron chi connectivity index (χ2n) is 8.80. The molecule has 1 fully saturated rings. The molecule has 162 valence electrons. The van der Waals surface area contributed by atoms with Gasteiger partial charge in [0.05, 0.1) is 12.0 Å². The van der Waals surface area contributed by atoms with Gasteiger partial charge in [-0.25, -0.2) is 8.42 Å². The molecule has 0 saturated carbocycles. The fourth-order valence-corrected chi connectivity index (χ4v) is 6.96. The van der Waals surface area contributed by atoms with E-state index in [1.807, 2.05) is 39.0 Å². The predicted molar refractivity (Wildman–Crippen MR) is 117 cm³/mol. The highest BCUT2D eigenvalue weighted by atomic mass is 32.2. The first-order valence-corrected chi connectivity index (χ1v) is 12.6. The average molecular weight is 449 g/mol. The van der Waals surface area contributed by atoms with Crippen molar-refractivity contribution in [3.8, 4) is 5.75 Å². The summed E-state index contributed by atoms with van der Waals surface area (Å²) in [5, 5.41) is 4.95. The van der Waals surface area contributed by atoms with Crippen LogP contribution in [0.1, 0.15) is 50.3 Å². The number of amides is 1. The summed E-state index contributed by atoms with van der Waals surface area (Å²) in [6.07, 6.45) is 2.03. The summed E-state index contributed by atoms with van der Waals surface area (Å²) < 4.78 is 33.7. The molecular formula is C22H28N2O4S2. The monoisotopic (exact) mass is 448 g/mol. The molecule has 4 rings (SSSR count). The SMILES string of the molecule is Cc1ccc2c(c1)OC(C)(C)C[C@H]2NC(=O)[C@H]1CCCN(S(=O)(=O)c2cccs2)C1. The quantitative estimate of drug-likeness (QED) is 0.770. The van der Waals surface area contributed by atoms with E-state index in [-0.39, 0.29) is 30.0 Å². The first-order chi connectivity index (χ1) is 14.2. The standard InChI is InChI=1S/C22H28N2O4S2/c1-15-8-9-17-18(13-22(2,3)28-19(17)12-15)23-21(25)16-6-4-10-24(14-16)30(26,27)20-7-5-11-29-20/h5,7-9,11-12,16,18H,4,6,10,13-14H2,1-3H3,(H,23,25)/t16-,18+/m0/s1. The number of aryl methyl sites for hydroxylation is 1. The topological polar surface area (TPSA) is 75.7 Å². The molecule has 1 amide bonds. The van der Waals surface area contributed by atoms with Gasteiger partial charge in [0.15, 0.2) is 0 Å². The van der Waals surface area contributed by atoms with Crippen LogP contribution in [0.15, 0.2) is 39.9 Å².